The molecule has 0 saturated heterocycles. The van der Waals surface area contributed by atoms with Gasteiger partial charge in [-0.25, -0.2) is 4.39 Å². The monoisotopic (exact) mass is 262 g/mol. The van der Waals surface area contributed by atoms with Gasteiger partial charge in [-0.15, -0.1) is 0 Å². The van der Waals surface area contributed by atoms with Crippen LogP contribution in [0, 0.1) is 11.2 Å². The maximum Gasteiger partial charge on any atom is 0.253 e. The molecule has 0 aliphatic heterocycles. The molecule has 0 aliphatic rings. The lowest BCUT2D eigenvalue weighted by Crippen LogP contribution is -2.41. The number of H-pyrrole nitrogens is 1. The molecule has 0 bridgehead atoms. The smallest absolute Gasteiger partial charge is 0.253 e. The zero-order chi connectivity index (χ0) is 14.2. The van der Waals surface area contributed by atoms with Crippen molar-refractivity contribution in [2.45, 2.75) is 33.7 Å². The lowest BCUT2D eigenvalue weighted by molar-refractivity contribution is 0.0912. The molecule has 2 N–H and O–H groups in total. The number of benzene rings is 1. The van der Waals surface area contributed by atoms with E-state index in [4.69, 9.17) is 0 Å². The maximum atomic E-state index is 13.1. The molecule has 0 radical (unpaired) electrons. The van der Waals surface area contributed by atoms with E-state index in [2.05, 4.69) is 31.1 Å². The number of halogens is 1. The highest BCUT2D eigenvalue weighted by Gasteiger charge is 2.23. The second-order valence-corrected chi connectivity index (χ2v) is 5.95. The highest BCUT2D eigenvalue weighted by molar-refractivity contribution is 6.06. The van der Waals surface area contributed by atoms with Crippen molar-refractivity contribution in [2.24, 2.45) is 5.41 Å². The fraction of sp³-hybridized carbons (Fsp3) is 0.400. The highest BCUT2D eigenvalue weighted by atomic mass is 19.1. The van der Waals surface area contributed by atoms with Crippen LogP contribution >= 0.6 is 0 Å². The SMILES string of the molecule is C[C@@H](NC(=O)c1c[nH]c2cc(F)ccc12)C(C)(C)C. The van der Waals surface area contributed by atoms with E-state index in [0.29, 0.717) is 11.1 Å². The van der Waals surface area contributed by atoms with Crippen LogP contribution in [0.2, 0.25) is 0 Å². The van der Waals surface area contributed by atoms with Gasteiger partial charge in [0, 0.05) is 23.1 Å². The number of aromatic amines is 1. The van der Waals surface area contributed by atoms with E-state index in [1.54, 1.807) is 12.3 Å². The number of rotatable bonds is 2. The summed E-state index contributed by atoms with van der Waals surface area (Å²) in [6, 6.07) is 4.42. The number of hydrogen-bond acceptors (Lipinski definition) is 1. The summed E-state index contributed by atoms with van der Waals surface area (Å²) in [5.41, 5.74) is 1.17. The van der Waals surface area contributed by atoms with Crippen molar-refractivity contribution in [3.63, 3.8) is 0 Å². The van der Waals surface area contributed by atoms with Crippen LogP contribution in [0.5, 0.6) is 0 Å². The predicted octanol–water partition coefficient (Wildman–Crippen LogP) is 3.47. The Balaban J connectivity index is 2.27. The number of carbonyl (C=O) groups excluding carboxylic acids is 1. The molecule has 1 aromatic heterocycles. The zero-order valence-corrected chi connectivity index (χ0v) is 11.7. The van der Waals surface area contributed by atoms with Crippen molar-refractivity contribution in [3.05, 3.63) is 35.8 Å². The van der Waals surface area contributed by atoms with Crippen LogP contribution < -0.4 is 5.32 Å². The van der Waals surface area contributed by atoms with E-state index < -0.39 is 0 Å². The summed E-state index contributed by atoms with van der Waals surface area (Å²) in [7, 11) is 0. The van der Waals surface area contributed by atoms with Crippen LogP contribution in [-0.2, 0) is 0 Å². The van der Waals surface area contributed by atoms with Gasteiger partial charge in [-0.1, -0.05) is 20.8 Å². The van der Waals surface area contributed by atoms with Crippen molar-refractivity contribution in [1.82, 2.24) is 10.3 Å². The molecule has 2 aromatic rings. The van der Waals surface area contributed by atoms with E-state index in [1.807, 2.05) is 6.92 Å². The summed E-state index contributed by atoms with van der Waals surface area (Å²) < 4.78 is 13.1. The third-order valence-electron chi connectivity index (χ3n) is 3.54. The van der Waals surface area contributed by atoms with E-state index in [-0.39, 0.29) is 23.2 Å². The third-order valence-corrected chi connectivity index (χ3v) is 3.54. The zero-order valence-electron chi connectivity index (χ0n) is 11.7. The molecule has 102 valence electrons. The molecule has 0 saturated carbocycles. The van der Waals surface area contributed by atoms with Crippen LogP contribution in [0.1, 0.15) is 38.1 Å². The van der Waals surface area contributed by atoms with Crippen molar-refractivity contribution in [3.8, 4) is 0 Å². The molecule has 2 rings (SSSR count). The molecule has 1 aromatic carbocycles. The average molecular weight is 262 g/mol. The number of hydrogen-bond donors (Lipinski definition) is 2. The molecule has 19 heavy (non-hydrogen) atoms. The van der Waals surface area contributed by atoms with Gasteiger partial charge in [0.05, 0.1) is 5.56 Å². The summed E-state index contributed by atoms with van der Waals surface area (Å²) in [6.07, 6.45) is 1.62. The van der Waals surface area contributed by atoms with Gasteiger partial charge in [-0.3, -0.25) is 4.79 Å². The van der Waals surface area contributed by atoms with Crippen molar-refractivity contribution in [1.29, 1.82) is 0 Å². The lowest BCUT2D eigenvalue weighted by Gasteiger charge is -2.27. The number of nitrogens with one attached hydrogen (secondary N) is 2. The van der Waals surface area contributed by atoms with Gasteiger partial charge in [-0.05, 0) is 30.5 Å². The average Bonchev–Trinajstić information content (AvgIpc) is 2.70. The first-order chi connectivity index (χ1) is 8.79. The molecule has 3 nitrogen and oxygen atoms in total. The first-order valence-electron chi connectivity index (χ1n) is 6.36. The van der Waals surface area contributed by atoms with Gasteiger partial charge in [0.1, 0.15) is 5.82 Å². The largest absolute Gasteiger partial charge is 0.360 e. The van der Waals surface area contributed by atoms with Crippen LogP contribution in [0.4, 0.5) is 4.39 Å². The lowest BCUT2D eigenvalue weighted by atomic mass is 9.88. The summed E-state index contributed by atoms with van der Waals surface area (Å²) >= 11 is 0. The molecule has 1 heterocycles. The van der Waals surface area contributed by atoms with Crippen LogP contribution in [0.25, 0.3) is 10.9 Å². The van der Waals surface area contributed by atoms with Crippen molar-refractivity contribution < 1.29 is 9.18 Å². The third kappa shape index (κ3) is 2.78. The van der Waals surface area contributed by atoms with Gasteiger partial charge in [-0.2, -0.15) is 0 Å². The molecule has 1 atom stereocenters. The molecular weight excluding hydrogens is 243 g/mol. The Morgan fingerprint density at radius 2 is 2.05 bits per heavy atom. The minimum absolute atomic E-state index is 0.00607. The molecule has 0 aliphatic carbocycles. The standard InChI is InChI=1S/C15H19FN2O/c1-9(15(2,3)4)18-14(19)12-8-17-13-7-10(16)5-6-11(12)13/h5-9,17H,1-4H3,(H,18,19)/t9-/m1/s1. The van der Waals surface area contributed by atoms with Gasteiger partial charge < -0.3 is 10.3 Å². The molecular formula is C15H19FN2O. The molecule has 0 fully saturated rings. The first kappa shape index (κ1) is 13.6. The second kappa shape index (κ2) is 4.68. The van der Waals surface area contributed by atoms with E-state index in [0.717, 1.165) is 5.39 Å². The predicted molar refractivity (Wildman–Crippen MR) is 74.6 cm³/mol. The van der Waals surface area contributed by atoms with Gasteiger partial charge in [0.2, 0.25) is 0 Å². The minimum Gasteiger partial charge on any atom is -0.360 e. The first-order valence-corrected chi connectivity index (χ1v) is 6.36. The van der Waals surface area contributed by atoms with Crippen molar-refractivity contribution >= 4 is 16.8 Å². The van der Waals surface area contributed by atoms with E-state index in [9.17, 15) is 9.18 Å². The summed E-state index contributed by atoms with van der Waals surface area (Å²) in [5.74, 6) is -0.454. The maximum absolute atomic E-state index is 13.1. The Bertz CT molecular complexity index is 610. The van der Waals surface area contributed by atoms with Crippen LogP contribution in [0.3, 0.4) is 0 Å². The Morgan fingerprint density at radius 3 is 2.68 bits per heavy atom. The second-order valence-electron chi connectivity index (χ2n) is 5.95. The fourth-order valence-corrected chi connectivity index (χ4v) is 1.78. The topological polar surface area (TPSA) is 44.9 Å². The van der Waals surface area contributed by atoms with Gasteiger partial charge in [0.15, 0.2) is 0 Å². The van der Waals surface area contributed by atoms with Gasteiger partial charge in [0.25, 0.3) is 5.91 Å². The number of aromatic nitrogens is 1. The van der Waals surface area contributed by atoms with Gasteiger partial charge >= 0.3 is 0 Å². The van der Waals surface area contributed by atoms with E-state index in [1.165, 1.54) is 12.1 Å². The summed E-state index contributed by atoms with van der Waals surface area (Å²) in [6.45, 7) is 8.19. The number of carbonyl (C=O) groups is 1. The number of fused-ring (bicyclic) bond motifs is 1. The van der Waals surface area contributed by atoms with Crippen LogP contribution in [-0.4, -0.2) is 16.9 Å². The fourth-order valence-electron chi connectivity index (χ4n) is 1.78. The molecule has 1 amide bonds. The Kier molecular flexibility index (Phi) is 3.35. The highest BCUT2D eigenvalue weighted by Crippen LogP contribution is 2.22. The summed E-state index contributed by atoms with van der Waals surface area (Å²) in [5, 5.41) is 3.71. The molecule has 0 unspecified atom stereocenters. The van der Waals surface area contributed by atoms with E-state index >= 15 is 0 Å². The Hall–Kier alpha value is -1.84. The van der Waals surface area contributed by atoms with Crippen LogP contribution in [0.15, 0.2) is 24.4 Å². The quantitative estimate of drug-likeness (QED) is 0.855. The molecule has 0 spiro atoms. The minimum atomic E-state index is -0.315. The normalized spacial score (nSPS) is 13.5. The Labute approximate surface area is 112 Å². The Morgan fingerprint density at radius 1 is 1.37 bits per heavy atom. The number of amides is 1. The molecule has 4 heteroatoms. The van der Waals surface area contributed by atoms with Crippen molar-refractivity contribution in [2.75, 3.05) is 0 Å². The summed E-state index contributed by atoms with van der Waals surface area (Å²) in [4.78, 5) is 15.2.